The van der Waals surface area contributed by atoms with Crippen molar-refractivity contribution in [3.05, 3.63) is 364 Å². The van der Waals surface area contributed by atoms with Crippen molar-refractivity contribution in [2.24, 2.45) is 0 Å². The van der Waals surface area contributed by atoms with Crippen LogP contribution in [0.1, 0.15) is 221 Å². The van der Waals surface area contributed by atoms with E-state index in [1.54, 1.807) is 0 Å². The standard InChI is InChI=1S/C38H39N3O.C38H38N3O.C29H28BNO2.C22H27BrN2O.CH4.B.Pt/c2*1-23-18-26(20-27(19-23)34-29-13-10-9-12-25(29)15-16-39-34)30-14-11-17-41-24(2)33(40-36(30)41)31-21-28(37(3,4)5)22-32(35(31)42)38(6,7)8;1-28(2)29(3,4)33-30(32-28)26-18-24(22-13-9-6-10-14-22)17-25(19-26)27-20-23(15-16-31-27)21-11-7-5-8-12-21;1-13-18(24-20-17(23)9-8-10-25(13)20)15-11-14(21(2,3)4)12-16(19(15)26)22(5,6)7;;;/h9-22,42H,1-8H3;9-19,21-22,42H,1-8H3;5-20H,1-4H3;8-12,26H,1-7H3;1H4;;/q;-1;;;;;. The second-order valence-corrected chi connectivity index (χ2v) is 46.5. The van der Waals surface area contributed by atoms with Gasteiger partial charge in [-0.3, -0.25) is 15.0 Å². The number of rotatable bonds is 11. The van der Waals surface area contributed by atoms with E-state index < -0.39 is 18.3 Å². The fourth-order valence-electron chi connectivity index (χ4n) is 19.0. The van der Waals surface area contributed by atoms with Crippen LogP contribution < -0.4 is 5.46 Å². The Bertz CT molecular complexity index is 7780. The van der Waals surface area contributed by atoms with E-state index in [2.05, 4.69) is 446 Å². The van der Waals surface area contributed by atoms with Gasteiger partial charge in [0.15, 0.2) is 5.65 Å². The molecule has 3 N–H and O–H groups in total. The van der Waals surface area contributed by atoms with Crippen LogP contribution >= 0.6 is 15.9 Å². The molecular weight excluding hydrogens is 2040 g/mol. The van der Waals surface area contributed by atoms with Crippen LogP contribution in [-0.2, 0) is 62.9 Å². The van der Waals surface area contributed by atoms with Crippen LogP contribution in [0.2, 0.25) is 0 Å². The quantitative estimate of drug-likeness (QED) is 0.0832. The van der Waals surface area contributed by atoms with Gasteiger partial charge < -0.3 is 37.8 Å². The third-order valence-corrected chi connectivity index (χ3v) is 28.7. The summed E-state index contributed by atoms with van der Waals surface area (Å²) < 4.78 is 20.0. The van der Waals surface area contributed by atoms with Gasteiger partial charge in [0.2, 0.25) is 0 Å². The molecule has 1 aliphatic rings. The fraction of sp³-hybridized carbons (Fsp3) is 0.281. The SMILES string of the molecule is C.CC1(C)OB(c2cc(-c3ccccc3)cc(-c3cc(-c4ccccc4)ccn3)c2)OC1(C)C.Cc1c(-c2cc(C(C)(C)C)cc(C(C)(C)C)c2O)nc2c(Br)cccn12.Cc1cc(-c2nccc3ccccc23)[c-]c(-c2cccn3c(C)c(-c4cc(C(C)(C)C)cc(C(C)(C)C)c4O)nc23)c1.Cc1cc(-c2nccc3ccccc23)cc(-c2cccn3c(C)c(-c4cc(C(C)(C)C)cc(C(C)(C)C)c4O)nc23)c1.[B].[Pt]. The summed E-state index contributed by atoms with van der Waals surface area (Å²) in [6.45, 7) is 57.9. The monoisotopic (exact) mass is 2170 g/mol. The van der Waals surface area contributed by atoms with Gasteiger partial charge in [-0.25, -0.2) is 15.0 Å². The average Bonchev–Trinajstić information content (AvgIpc) is 1.27. The first-order chi connectivity index (χ1) is 67.4. The number of phenols is 3. The Morgan fingerprint density at radius 1 is 0.329 bits per heavy atom. The van der Waals surface area contributed by atoms with Gasteiger partial charge in [-0.15, -0.1) is 29.3 Å². The van der Waals surface area contributed by atoms with Crippen LogP contribution in [0.15, 0.2) is 296 Å². The van der Waals surface area contributed by atoms with Gasteiger partial charge in [0.1, 0.15) is 28.5 Å². The largest absolute Gasteiger partial charge is 0.507 e. The number of fused-ring (bicyclic) bond motifs is 5. The van der Waals surface area contributed by atoms with E-state index in [9.17, 15) is 15.3 Å². The van der Waals surface area contributed by atoms with Gasteiger partial charge in [-0.2, -0.15) is 0 Å². The van der Waals surface area contributed by atoms with Crippen LogP contribution in [0.25, 0.3) is 151 Å². The van der Waals surface area contributed by atoms with E-state index in [4.69, 9.17) is 39.2 Å². The molecule has 0 spiro atoms. The molecule has 14 nitrogen and oxygen atoms in total. The topological polar surface area (TPSA) is 170 Å². The molecule has 146 heavy (non-hydrogen) atoms. The van der Waals surface area contributed by atoms with Crippen LogP contribution in [0.4, 0.5) is 0 Å². The molecule has 0 unspecified atom stereocenters. The van der Waals surface area contributed by atoms with Gasteiger partial charge in [0.25, 0.3) is 0 Å². The summed E-state index contributed by atoms with van der Waals surface area (Å²) in [5, 5.41) is 39.0. The minimum Gasteiger partial charge on any atom is -0.507 e. The summed E-state index contributed by atoms with van der Waals surface area (Å²) in [5.74, 6) is 0.937. The zero-order valence-electron chi connectivity index (χ0n) is 88.7. The first kappa shape index (κ1) is 109. The summed E-state index contributed by atoms with van der Waals surface area (Å²) in [6, 6.07) is 92.0. The second kappa shape index (κ2) is 41.6. The van der Waals surface area contributed by atoms with E-state index >= 15 is 0 Å². The molecule has 19 aromatic rings. The van der Waals surface area contributed by atoms with Crippen molar-refractivity contribution in [3.63, 3.8) is 0 Å². The molecular formula is C128H136B2BrN9O5Pt-. The van der Waals surface area contributed by atoms with Gasteiger partial charge >= 0.3 is 7.12 Å². The molecule has 20 rings (SSSR count). The number of aryl methyl sites for hydroxylation is 5. The van der Waals surface area contributed by atoms with Crippen molar-refractivity contribution in [3.8, 4) is 129 Å². The predicted octanol–water partition coefficient (Wildman–Crippen LogP) is 32.4. The van der Waals surface area contributed by atoms with Crippen LogP contribution in [0.3, 0.4) is 0 Å². The van der Waals surface area contributed by atoms with E-state index in [0.717, 1.165) is 194 Å². The second-order valence-electron chi connectivity index (χ2n) is 45.6. The minimum absolute atomic E-state index is 0. The van der Waals surface area contributed by atoms with E-state index in [0.29, 0.717) is 17.2 Å². The Morgan fingerprint density at radius 2 is 0.705 bits per heavy atom. The van der Waals surface area contributed by atoms with Gasteiger partial charge in [0, 0.05) is 145 Å². The van der Waals surface area contributed by atoms with E-state index in [1.807, 2.05) is 68.2 Å². The molecule has 0 bridgehead atoms. The molecule has 747 valence electrons. The number of nitrogens with zero attached hydrogens (tertiary/aromatic N) is 9. The molecule has 0 atom stereocenters. The van der Waals surface area contributed by atoms with E-state index in [-0.39, 0.29) is 69.4 Å². The first-order valence-corrected chi connectivity index (χ1v) is 50.3. The van der Waals surface area contributed by atoms with Crippen molar-refractivity contribution >= 4 is 75.4 Å². The minimum atomic E-state index is -0.435. The number of benzene rings is 10. The molecule has 0 aliphatic carbocycles. The molecule has 0 saturated carbocycles. The Balaban J connectivity index is 0.000000155. The maximum atomic E-state index is 11.6. The zero-order valence-corrected chi connectivity index (χ0v) is 92.6. The Labute approximate surface area is 888 Å². The predicted molar refractivity (Wildman–Crippen MR) is 610 cm³/mol. The van der Waals surface area contributed by atoms with Gasteiger partial charge in [-0.05, 0) is 266 Å². The molecule has 9 aromatic heterocycles. The first-order valence-electron chi connectivity index (χ1n) is 49.5. The molecule has 0 amide bonds. The van der Waals surface area contributed by atoms with Crippen molar-refractivity contribution in [1.82, 2.24) is 43.1 Å². The fourth-order valence-corrected chi connectivity index (χ4v) is 19.5. The zero-order chi connectivity index (χ0) is 102. The molecule has 1 fully saturated rings. The third kappa shape index (κ3) is 22.1. The summed E-state index contributed by atoms with van der Waals surface area (Å²) in [4.78, 5) is 29.6. The number of pyridine rings is 6. The van der Waals surface area contributed by atoms with Crippen molar-refractivity contribution < 1.29 is 45.7 Å². The van der Waals surface area contributed by atoms with Crippen LogP contribution in [0, 0.1) is 40.7 Å². The molecule has 1 aliphatic heterocycles. The van der Waals surface area contributed by atoms with Gasteiger partial charge in [-0.1, -0.05) is 302 Å². The van der Waals surface area contributed by atoms with Crippen LogP contribution in [-0.4, -0.2) is 85.2 Å². The number of phenolic OH excluding ortho intramolecular Hbond substituents is 3. The maximum Gasteiger partial charge on any atom is 0.494 e. The van der Waals surface area contributed by atoms with E-state index in [1.165, 1.54) is 27.6 Å². The number of hydrogen-bond acceptors (Lipinski definition) is 11. The molecule has 10 heterocycles. The van der Waals surface area contributed by atoms with Crippen molar-refractivity contribution in [1.29, 1.82) is 0 Å². The summed E-state index contributed by atoms with van der Waals surface area (Å²) in [5.41, 5.74) is 33.0. The third-order valence-electron chi connectivity index (χ3n) is 28.1. The number of hydrogen-bond donors (Lipinski definition) is 3. The number of halogens is 1. The summed E-state index contributed by atoms with van der Waals surface area (Å²) in [6.07, 6.45) is 11.7. The average molecular weight is 2180 g/mol. The molecule has 10 aromatic carbocycles. The Morgan fingerprint density at radius 3 is 1.17 bits per heavy atom. The normalized spacial score (nSPS) is 13.2. The Kier molecular flexibility index (Phi) is 31.0. The molecule has 18 heteroatoms. The molecule has 3 radical (unpaired) electrons. The number of aromatic nitrogens is 9. The van der Waals surface area contributed by atoms with Gasteiger partial charge in [0.05, 0.1) is 44.1 Å². The molecule has 1 saturated heterocycles. The number of imidazole rings is 3. The van der Waals surface area contributed by atoms with Crippen molar-refractivity contribution in [2.75, 3.05) is 0 Å². The summed E-state index contributed by atoms with van der Waals surface area (Å²) in [7, 11) is -0.435. The van der Waals surface area contributed by atoms with Crippen molar-refractivity contribution in [2.45, 2.75) is 238 Å². The van der Waals surface area contributed by atoms with Crippen LogP contribution in [0.5, 0.6) is 17.2 Å². The smallest absolute Gasteiger partial charge is 0.494 e. The summed E-state index contributed by atoms with van der Waals surface area (Å²) >= 11 is 3.58. The maximum absolute atomic E-state index is 11.6. The Hall–Kier alpha value is -13.1. The number of aromatic hydroxyl groups is 3.